The number of carbonyl (C=O) groups is 2. The molecule has 0 heterocycles. The van der Waals surface area contributed by atoms with Gasteiger partial charge in [0.2, 0.25) is 0 Å². The highest BCUT2D eigenvalue weighted by atomic mass is 31.2. The molecular weight excluding hydrogens is 509 g/mol. The predicted octanol–water partition coefficient (Wildman–Crippen LogP) is 6.56. The fourth-order valence-electron chi connectivity index (χ4n) is 3.72. The number of hydrogen-bond donors (Lipinski definition) is 1. The molecule has 9 nitrogen and oxygen atoms in total. The Kier molecular flexibility index (Phi) is 22.2. The molecule has 0 rings (SSSR count). The predicted molar refractivity (Wildman–Crippen MR) is 151 cm³/mol. The van der Waals surface area contributed by atoms with Crippen molar-refractivity contribution in [2.45, 2.75) is 123 Å². The molecule has 0 aromatic heterocycles. The molecule has 0 amide bonds. The van der Waals surface area contributed by atoms with Crippen LogP contribution in [0.5, 0.6) is 0 Å². The van der Waals surface area contributed by atoms with Crippen LogP contribution in [0.1, 0.15) is 117 Å². The summed E-state index contributed by atoms with van der Waals surface area (Å²) in [4.78, 5) is 34.6. The van der Waals surface area contributed by atoms with Gasteiger partial charge in [0.15, 0.2) is 6.10 Å². The topological polar surface area (TPSA) is 108 Å². The molecule has 1 N–H and O–H groups in total. The fraction of sp³-hybridized carbons (Fsp3) is 0.929. The lowest BCUT2D eigenvalue weighted by Gasteiger charge is -2.24. The largest absolute Gasteiger partial charge is 0.472 e. The van der Waals surface area contributed by atoms with E-state index in [1.807, 2.05) is 21.1 Å². The number of quaternary nitrogens is 1. The summed E-state index contributed by atoms with van der Waals surface area (Å²) in [7, 11) is 1.48. The number of phosphoric acid groups is 1. The van der Waals surface area contributed by atoms with E-state index in [-0.39, 0.29) is 25.6 Å². The van der Waals surface area contributed by atoms with Gasteiger partial charge in [-0.2, -0.15) is 0 Å². The number of unbranched alkanes of at least 4 members (excludes halogenated alkanes) is 12. The molecule has 0 bridgehead atoms. The normalized spacial score (nSPS) is 14.2. The standard InChI is InChI=1S/C28H56NO8P/c1-6-8-10-12-14-15-17-18-20-27(30)34-24-26(37-28(31)21-19-16-13-11-9-7-2)25-36-38(32,33)35-23-22-29(3,4)5/h26H,6-25H2,1-5H3/p+1/t26-/m1/s1. The van der Waals surface area contributed by atoms with Gasteiger partial charge in [0.1, 0.15) is 19.8 Å². The average molecular weight is 567 g/mol. The lowest BCUT2D eigenvalue weighted by molar-refractivity contribution is -0.870. The van der Waals surface area contributed by atoms with E-state index in [0.717, 1.165) is 44.9 Å². The number of nitrogens with zero attached hydrogens (tertiary/aromatic N) is 1. The first-order chi connectivity index (χ1) is 18.0. The first kappa shape index (κ1) is 37.0. The van der Waals surface area contributed by atoms with Crippen molar-refractivity contribution >= 4 is 19.8 Å². The summed E-state index contributed by atoms with van der Waals surface area (Å²) in [5.74, 6) is -0.814. The minimum absolute atomic E-state index is 0.0351. The summed E-state index contributed by atoms with van der Waals surface area (Å²) >= 11 is 0. The van der Waals surface area contributed by atoms with Gasteiger partial charge in [0, 0.05) is 12.8 Å². The van der Waals surface area contributed by atoms with Gasteiger partial charge >= 0.3 is 19.8 Å². The molecule has 10 heteroatoms. The molecule has 0 aliphatic heterocycles. The van der Waals surface area contributed by atoms with Crippen LogP contribution in [0, 0.1) is 0 Å². The SMILES string of the molecule is CCCCCCCCCCC(=O)OC[C@H](COP(=O)(O)OCC[N+](C)(C)C)OC(=O)CCCCCCCC. The highest BCUT2D eigenvalue weighted by molar-refractivity contribution is 7.47. The maximum Gasteiger partial charge on any atom is 0.472 e. The summed E-state index contributed by atoms with van der Waals surface area (Å²) < 4.78 is 33.7. The van der Waals surface area contributed by atoms with Crippen molar-refractivity contribution in [2.75, 3.05) is 47.5 Å². The van der Waals surface area contributed by atoms with Crippen LogP contribution in [0.4, 0.5) is 0 Å². The number of carbonyl (C=O) groups excluding carboxylic acids is 2. The molecule has 38 heavy (non-hydrogen) atoms. The van der Waals surface area contributed by atoms with Crippen LogP contribution in [0.15, 0.2) is 0 Å². The molecule has 0 aliphatic rings. The van der Waals surface area contributed by atoms with Crippen molar-refractivity contribution in [3.63, 3.8) is 0 Å². The Morgan fingerprint density at radius 2 is 1.18 bits per heavy atom. The summed E-state index contributed by atoms with van der Waals surface area (Å²) in [5, 5.41) is 0. The van der Waals surface area contributed by atoms with E-state index in [0.29, 0.717) is 23.9 Å². The third-order valence-electron chi connectivity index (χ3n) is 6.14. The minimum Gasteiger partial charge on any atom is -0.462 e. The number of phosphoric ester groups is 1. The van der Waals surface area contributed by atoms with E-state index in [4.69, 9.17) is 18.5 Å². The number of likely N-dealkylation sites (N-methyl/N-ethyl adjacent to an activating group) is 1. The Hall–Kier alpha value is -0.990. The van der Waals surface area contributed by atoms with Gasteiger partial charge in [0.25, 0.3) is 0 Å². The Balaban J connectivity index is 4.55. The van der Waals surface area contributed by atoms with Gasteiger partial charge in [-0.25, -0.2) is 4.57 Å². The molecule has 1 unspecified atom stereocenters. The number of rotatable bonds is 26. The van der Waals surface area contributed by atoms with Crippen molar-refractivity contribution in [3.05, 3.63) is 0 Å². The third kappa shape index (κ3) is 25.3. The second-order valence-electron chi connectivity index (χ2n) is 11.1. The molecule has 0 aromatic carbocycles. The van der Waals surface area contributed by atoms with Gasteiger partial charge in [0.05, 0.1) is 27.7 Å². The molecule has 0 aromatic rings. The Morgan fingerprint density at radius 3 is 1.68 bits per heavy atom. The molecule has 0 spiro atoms. The molecular formula is C28H57NO8P+. The van der Waals surface area contributed by atoms with E-state index in [1.165, 1.54) is 38.5 Å². The van der Waals surface area contributed by atoms with Crippen molar-refractivity contribution in [1.29, 1.82) is 0 Å². The number of hydrogen-bond acceptors (Lipinski definition) is 7. The van der Waals surface area contributed by atoms with E-state index in [2.05, 4.69) is 13.8 Å². The molecule has 0 radical (unpaired) electrons. The van der Waals surface area contributed by atoms with E-state index in [1.54, 1.807) is 0 Å². The van der Waals surface area contributed by atoms with Crippen molar-refractivity contribution in [2.24, 2.45) is 0 Å². The third-order valence-corrected chi connectivity index (χ3v) is 7.12. The van der Waals surface area contributed by atoms with Crippen LogP contribution in [-0.4, -0.2) is 74.9 Å². The second kappa shape index (κ2) is 22.8. The first-order valence-electron chi connectivity index (χ1n) is 14.8. The number of ether oxygens (including phenoxy) is 2. The summed E-state index contributed by atoms with van der Waals surface area (Å²) in [6.45, 7) is 4.28. The van der Waals surface area contributed by atoms with Crippen molar-refractivity contribution < 1.29 is 42.1 Å². The van der Waals surface area contributed by atoms with E-state index >= 15 is 0 Å². The van der Waals surface area contributed by atoms with Crippen LogP contribution in [0.3, 0.4) is 0 Å². The Labute approximate surface area is 232 Å². The maximum absolute atomic E-state index is 12.3. The van der Waals surface area contributed by atoms with E-state index in [9.17, 15) is 19.0 Å². The molecule has 226 valence electrons. The fourth-order valence-corrected chi connectivity index (χ4v) is 4.46. The van der Waals surface area contributed by atoms with Gasteiger partial charge in [-0.1, -0.05) is 90.9 Å². The van der Waals surface area contributed by atoms with Crippen LogP contribution < -0.4 is 0 Å². The van der Waals surface area contributed by atoms with Crippen LogP contribution in [-0.2, 0) is 32.7 Å². The summed E-state index contributed by atoms with van der Waals surface area (Å²) in [6, 6.07) is 0. The molecule has 0 saturated heterocycles. The highest BCUT2D eigenvalue weighted by Gasteiger charge is 2.27. The molecule has 0 saturated carbocycles. The molecule has 0 aliphatic carbocycles. The lowest BCUT2D eigenvalue weighted by Crippen LogP contribution is -2.37. The smallest absolute Gasteiger partial charge is 0.462 e. The monoisotopic (exact) mass is 566 g/mol. The quantitative estimate of drug-likeness (QED) is 0.0543. The van der Waals surface area contributed by atoms with Crippen molar-refractivity contribution in [3.8, 4) is 0 Å². The minimum atomic E-state index is -4.34. The number of esters is 2. The first-order valence-corrected chi connectivity index (χ1v) is 16.3. The highest BCUT2D eigenvalue weighted by Crippen LogP contribution is 2.43. The van der Waals surface area contributed by atoms with Gasteiger partial charge in [-0.15, -0.1) is 0 Å². The maximum atomic E-state index is 12.3. The van der Waals surface area contributed by atoms with Gasteiger partial charge in [-0.05, 0) is 12.8 Å². The van der Waals surface area contributed by atoms with Crippen LogP contribution in [0.25, 0.3) is 0 Å². The average Bonchev–Trinajstić information content (AvgIpc) is 2.83. The lowest BCUT2D eigenvalue weighted by atomic mass is 10.1. The molecule has 0 fully saturated rings. The van der Waals surface area contributed by atoms with Crippen molar-refractivity contribution in [1.82, 2.24) is 0 Å². The zero-order chi connectivity index (χ0) is 28.7. The zero-order valence-electron chi connectivity index (χ0n) is 24.9. The van der Waals surface area contributed by atoms with Gasteiger partial charge in [-0.3, -0.25) is 18.6 Å². The van der Waals surface area contributed by atoms with E-state index < -0.39 is 26.5 Å². The summed E-state index contributed by atoms with van der Waals surface area (Å²) in [6.07, 6.45) is 14.8. The zero-order valence-corrected chi connectivity index (χ0v) is 25.8. The molecule has 2 atom stereocenters. The second-order valence-corrected chi connectivity index (χ2v) is 12.6. The Morgan fingerprint density at radius 1 is 0.711 bits per heavy atom. The summed E-state index contributed by atoms with van der Waals surface area (Å²) in [5.41, 5.74) is 0. The van der Waals surface area contributed by atoms with Crippen LogP contribution in [0.2, 0.25) is 0 Å². The van der Waals surface area contributed by atoms with Gasteiger partial charge < -0.3 is 18.9 Å². The van der Waals surface area contributed by atoms with Crippen LogP contribution >= 0.6 is 7.82 Å². The Bertz CT molecular complexity index is 653.